The van der Waals surface area contributed by atoms with Crippen LogP contribution in [0.3, 0.4) is 0 Å². The number of hydrogen-bond acceptors (Lipinski definition) is 5. The maximum atomic E-state index is 5.57. The van der Waals surface area contributed by atoms with Crippen molar-refractivity contribution in [2.45, 2.75) is 19.4 Å². The van der Waals surface area contributed by atoms with Crippen LogP contribution in [0.15, 0.2) is 36.7 Å². The van der Waals surface area contributed by atoms with Crippen LogP contribution in [0.5, 0.6) is 5.75 Å². The first-order valence-electron chi connectivity index (χ1n) is 6.19. The van der Waals surface area contributed by atoms with E-state index in [0.29, 0.717) is 32.2 Å². The third-order valence-electron chi connectivity index (χ3n) is 2.72. The predicted molar refractivity (Wildman–Crippen MR) is 66.5 cm³/mol. The normalized spacial score (nSPS) is 15.8. The molecule has 0 atom stereocenters. The molecule has 0 aliphatic carbocycles. The van der Waals surface area contributed by atoms with E-state index in [0.717, 1.165) is 5.75 Å². The van der Waals surface area contributed by atoms with Crippen molar-refractivity contribution < 1.29 is 14.2 Å². The van der Waals surface area contributed by atoms with Crippen LogP contribution in [0.4, 0.5) is 0 Å². The van der Waals surface area contributed by atoms with Gasteiger partial charge in [0.05, 0.1) is 19.8 Å². The number of aromatic nitrogens is 3. The molecule has 0 spiro atoms. The standard InChI is InChI=1S/C13H15N3O3/c1-2-4-11(5-3-1)19-9-12-14-10-16(15-12)8-13-17-6-7-18-13/h1-5,10,13H,6-9H2. The maximum absolute atomic E-state index is 5.57. The Morgan fingerprint density at radius 2 is 2.00 bits per heavy atom. The van der Waals surface area contributed by atoms with Gasteiger partial charge in [-0.05, 0) is 12.1 Å². The van der Waals surface area contributed by atoms with Gasteiger partial charge >= 0.3 is 0 Å². The number of ether oxygens (including phenoxy) is 3. The van der Waals surface area contributed by atoms with E-state index >= 15 is 0 Å². The van der Waals surface area contributed by atoms with Gasteiger partial charge in [0, 0.05) is 0 Å². The average Bonchev–Trinajstić information content (AvgIpc) is 3.10. The van der Waals surface area contributed by atoms with E-state index in [1.807, 2.05) is 30.3 Å². The second-order valence-electron chi connectivity index (χ2n) is 4.16. The molecule has 0 bridgehead atoms. The quantitative estimate of drug-likeness (QED) is 0.810. The molecule has 1 fully saturated rings. The van der Waals surface area contributed by atoms with Gasteiger partial charge in [0.25, 0.3) is 0 Å². The lowest BCUT2D eigenvalue weighted by Crippen LogP contribution is -2.17. The van der Waals surface area contributed by atoms with Crippen molar-refractivity contribution in [1.29, 1.82) is 0 Å². The summed E-state index contributed by atoms with van der Waals surface area (Å²) < 4.78 is 18.0. The Hall–Kier alpha value is -1.92. The molecule has 6 heteroatoms. The summed E-state index contributed by atoms with van der Waals surface area (Å²) in [6.45, 7) is 2.19. The Morgan fingerprint density at radius 1 is 1.21 bits per heavy atom. The zero-order valence-electron chi connectivity index (χ0n) is 10.4. The molecule has 19 heavy (non-hydrogen) atoms. The molecular formula is C13H15N3O3. The first-order valence-corrected chi connectivity index (χ1v) is 6.19. The molecule has 1 aromatic carbocycles. The van der Waals surface area contributed by atoms with Gasteiger partial charge in [-0.3, -0.25) is 0 Å². The summed E-state index contributed by atoms with van der Waals surface area (Å²) in [7, 11) is 0. The predicted octanol–water partition coefficient (Wildman–Crippen LogP) is 1.23. The van der Waals surface area contributed by atoms with Crippen molar-refractivity contribution >= 4 is 0 Å². The molecule has 0 unspecified atom stereocenters. The van der Waals surface area contributed by atoms with Crippen LogP contribution in [0, 0.1) is 0 Å². The van der Waals surface area contributed by atoms with Gasteiger partial charge in [0.15, 0.2) is 12.1 Å². The Bertz CT molecular complexity index is 509. The Balaban J connectivity index is 1.53. The van der Waals surface area contributed by atoms with E-state index < -0.39 is 0 Å². The van der Waals surface area contributed by atoms with E-state index in [2.05, 4.69) is 10.1 Å². The summed E-state index contributed by atoms with van der Waals surface area (Å²) in [6.07, 6.45) is 1.44. The zero-order chi connectivity index (χ0) is 12.9. The van der Waals surface area contributed by atoms with Gasteiger partial charge in [-0.15, -0.1) is 0 Å². The van der Waals surface area contributed by atoms with Gasteiger partial charge in [0.1, 0.15) is 18.7 Å². The summed E-state index contributed by atoms with van der Waals surface area (Å²) in [5.74, 6) is 1.45. The van der Waals surface area contributed by atoms with Crippen LogP contribution in [-0.2, 0) is 22.6 Å². The highest BCUT2D eigenvalue weighted by molar-refractivity contribution is 5.20. The summed E-state index contributed by atoms with van der Waals surface area (Å²) in [6, 6.07) is 9.60. The molecule has 1 aliphatic rings. The second-order valence-corrected chi connectivity index (χ2v) is 4.16. The molecule has 1 saturated heterocycles. The molecule has 0 N–H and O–H groups in total. The van der Waals surface area contributed by atoms with E-state index in [1.165, 1.54) is 0 Å². The third kappa shape index (κ3) is 3.30. The Morgan fingerprint density at radius 3 is 2.79 bits per heavy atom. The van der Waals surface area contributed by atoms with Gasteiger partial charge in [-0.1, -0.05) is 18.2 Å². The highest BCUT2D eigenvalue weighted by Crippen LogP contribution is 2.10. The summed E-state index contributed by atoms with van der Waals surface area (Å²) >= 11 is 0. The van der Waals surface area contributed by atoms with E-state index in [-0.39, 0.29) is 6.29 Å². The summed E-state index contributed by atoms with van der Waals surface area (Å²) in [5, 5.41) is 4.31. The number of benzene rings is 1. The minimum absolute atomic E-state index is 0.218. The van der Waals surface area contributed by atoms with Crippen LogP contribution < -0.4 is 4.74 Å². The molecule has 2 heterocycles. The summed E-state index contributed by atoms with van der Waals surface area (Å²) in [4.78, 5) is 4.19. The number of rotatable bonds is 5. The Kier molecular flexibility index (Phi) is 3.71. The third-order valence-corrected chi connectivity index (χ3v) is 2.72. The molecule has 0 amide bonds. The monoisotopic (exact) mass is 261 g/mol. The van der Waals surface area contributed by atoms with Crippen molar-refractivity contribution in [3.8, 4) is 5.75 Å². The van der Waals surface area contributed by atoms with Crippen molar-refractivity contribution in [1.82, 2.24) is 14.8 Å². The Labute approximate surface area is 110 Å². The number of para-hydroxylation sites is 1. The molecule has 2 aromatic rings. The summed E-state index contributed by atoms with van der Waals surface area (Å²) in [5.41, 5.74) is 0. The van der Waals surface area contributed by atoms with Gasteiger partial charge in [0.2, 0.25) is 0 Å². The smallest absolute Gasteiger partial charge is 0.188 e. The first kappa shape index (κ1) is 12.1. The van der Waals surface area contributed by atoms with Crippen molar-refractivity contribution in [2.75, 3.05) is 13.2 Å². The lowest BCUT2D eigenvalue weighted by molar-refractivity contribution is -0.0547. The molecule has 1 aliphatic heterocycles. The second kappa shape index (κ2) is 5.81. The van der Waals surface area contributed by atoms with Crippen LogP contribution in [0.1, 0.15) is 5.82 Å². The largest absolute Gasteiger partial charge is 0.486 e. The fourth-order valence-electron chi connectivity index (χ4n) is 1.82. The van der Waals surface area contributed by atoms with Gasteiger partial charge in [-0.2, -0.15) is 5.10 Å². The van der Waals surface area contributed by atoms with E-state index in [1.54, 1.807) is 11.0 Å². The topological polar surface area (TPSA) is 58.4 Å². The fraction of sp³-hybridized carbons (Fsp3) is 0.385. The van der Waals surface area contributed by atoms with Crippen molar-refractivity contribution in [3.63, 3.8) is 0 Å². The van der Waals surface area contributed by atoms with Crippen LogP contribution >= 0.6 is 0 Å². The van der Waals surface area contributed by atoms with Gasteiger partial charge < -0.3 is 14.2 Å². The van der Waals surface area contributed by atoms with Crippen LogP contribution in [-0.4, -0.2) is 34.3 Å². The number of hydrogen-bond donors (Lipinski definition) is 0. The fourth-order valence-corrected chi connectivity index (χ4v) is 1.82. The van der Waals surface area contributed by atoms with Crippen LogP contribution in [0.25, 0.3) is 0 Å². The van der Waals surface area contributed by atoms with E-state index in [4.69, 9.17) is 14.2 Å². The van der Waals surface area contributed by atoms with Crippen molar-refractivity contribution in [2.24, 2.45) is 0 Å². The lowest BCUT2D eigenvalue weighted by atomic mass is 10.3. The van der Waals surface area contributed by atoms with Gasteiger partial charge in [-0.25, -0.2) is 9.67 Å². The molecular weight excluding hydrogens is 246 g/mol. The molecule has 3 rings (SSSR count). The minimum Gasteiger partial charge on any atom is -0.486 e. The minimum atomic E-state index is -0.218. The molecule has 100 valence electrons. The SMILES string of the molecule is c1ccc(OCc2ncn(CC3OCCO3)n2)cc1. The maximum Gasteiger partial charge on any atom is 0.188 e. The molecule has 6 nitrogen and oxygen atoms in total. The number of nitrogens with zero attached hydrogens (tertiary/aromatic N) is 3. The molecule has 1 aromatic heterocycles. The highest BCUT2D eigenvalue weighted by atomic mass is 16.7. The van der Waals surface area contributed by atoms with E-state index in [9.17, 15) is 0 Å². The molecule has 0 saturated carbocycles. The molecule has 0 radical (unpaired) electrons. The van der Waals surface area contributed by atoms with Crippen LogP contribution in [0.2, 0.25) is 0 Å². The zero-order valence-corrected chi connectivity index (χ0v) is 10.4. The van der Waals surface area contributed by atoms with Crippen molar-refractivity contribution in [3.05, 3.63) is 42.5 Å². The first-order chi connectivity index (χ1) is 9.40. The lowest BCUT2D eigenvalue weighted by Gasteiger charge is -2.07. The average molecular weight is 261 g/mol. The highest BCUT2D eigenvalue weighted by Gasteiger charge is 2.17.